The van der Waals surface area contributed by atoms with Crippen molar-refractivity contribution < 1.29 is 14.3 Å². The van der Waals surface area contributed by atoms with Crippen LogP contribution in [-0.2, 0) is 18.4 Å². The van der Waals surface area contributed by atoms with Gasteiger partial charge in [-0.25, -0.2) is 4.79 Å². The van der Waals surface area contributed by atoms with Crippen molar-refractivity contribution in [2.75, 3.05) is 20.8 Å². The number of aryl methyl sites for hydroxylation is 1. The minimum absolute atomic E-state index is 0.0317. The second-order valence-corrected chi connectivity index (χ2v) is 7.28. The van der Waals surface area contributed by atoms with E-state index >= 15 is 0 Å². The van der Waals surface area contributed by atoms with Crippen LogP contribution in [0.4, 0.5) is 0 Å². The van der Waals surface area contributed by atoms with E-state index in [0.717, 1.165) is 29.4 Å². The Balaban J connectivity index is 1.63. The van der Waals surface area contributed by atoms with Gasteiger partial charge in [0, 0.05) is 13.6 Å². The summed E-state index contributed by atoms with van der Waals surface area (Å²) >= 11 is 0. The topological polar surface area (TPSA) is 65.7 Å². The van der Waals surface area contributed by atoms with Crippen LogP contribution in [0.1, 0.15) is 24.4 Å². The number of rotatable bonds is 5. The second kappa shape index (κ2) is 7.66. The lowest BCUT2D eigenvalue weighted by molar-refractivity contribution is -0.132. The van der Waals surface area contributed by atoms with Crippen molar-refractivity contribution in [3.8, 4) is 11.5 Å². The molecule has 0 bridgehead atoms. The van der Waals surface area contributed by atoms with E-state index in [0.29, 0.717) is 18.0 Å². The van der Waals surface area contributed by atoms with Gasteiger partial charge in [0.2, 0.25) is 5.91 Å². The zero-order valence-electron chi connectivity index (χ0n) is 16.9. The molecule has 0 N–H and O–H groups in total. The number of imidazole rings is 1. The predicted molar refractivity (Wildman–Crippen MR) is 110 cm³/mol. The molecular formula is C22H25N3O4. The molecule has 1 saturated heterocycles. The molecule has 2 aromatic carbocycles. The Morgan fingerprint density at radius 3 is 2.52 bits per heavy atom. The standard InChI is InChI=1S/C22H25N3O4/c1-23-17-7-4-5-8-18(17)25(22(23)27)14-21(26)24-12-6-9-16(24)15-10-11-19(28-2)20(13-15)29-3/h4-5,7-8,10-11,13,16H,6,9,12,14H2,1-3H3. The summed E-state index contributed by atoms with van der Waals surface area (Å²) in [6.45, 7) is 0.710. The maximum atomic E-state index is 13.2. The van der Waals surface area contributed by atoms with E-state index in [-0.39, 0.29) is 24.2 Å². The highest BCUT2D eigenvalue weighted by atomic mass is 16.5. The molecule has 29 heavy (non-hydrogen) atoms. The molecule has 7 nitrogen and oxygen atoms in total. The average Bonchev–Trinajstić information content (AvgIpc) is 3.33. The van der Waals surface area contributed by atoms with Gasteiger partial charge in [0.25, 0.3) is 0 Å². The van der Waals surface area contributed by atoms with Gasteiger partial charge in [-0.05, 0) is 42.7 Å². The highest BCUT2D eigenvalue weighted by Crippen LogP contribution is 2.37. The Kier molecular flexibility index (Phi) is 5.05. The smallest absolute Gasteiger partial charge is 0.329 e. The average molecular weight is 395 g/mol. The normalized spacial score (nSPS) is 16.4. The molecule has 152 valence electrons. The molecule has 1 fully saturated rings. The van der Waals surface area contributed by atoms with Crippen LogP contribution in [-0.4, -0.2) is 40.7 Å². The van der Waals surface area contributed by atoms with E-state index in [1.165, 1.54) is 0 Å². The maximum absolute atomic E-state index is 13.2. The van der Waals surface area contributed by atoms with Crippen molar-refractivity contribution in [3.63, 3.8) is 0 Å². The third-order valence-corrected chi connectivity index (χ3v) is 5.71. The van der Waals surface area contributed by atoms with Crippen molar-refractivity contribution in [2.45, 2.75) is 25.4 Å². The van der Waals surface area contributed by atoms with Crippen LogP contribution in [0, 0.1) is 0 Å². The van der Waals surface area contributed by atoms with Gasteiger partial charge in [0.15, 0.2) is 11.5 Å². The first-order valence-corrected chi connectivity index (χ1v) is 9.70. The Labute approximate surface area is 169 Å². The fraction of sp³-hybridized carbons (Fsp3) is 0.364. The third kappa shape index (κ3) is 3.26. The van der Waals surface area contributed by atoms with Gasteiger partial charge in [0.1, 0.15) is 6.54 Å². The zero-order chi connectivity index (χ0) is 20.5. The summed E-state index contributed by atoms with van der Waals surface area (Å²) in [7, 11) is 4.94. The fourth-order valence-corrected chi connectivity index (χ4v) is 4.21. The molecule has 1 amide bonds. The molecule has 1 aliphatic rings. The van der Waals surface area contributed by atoms with Crippen LogP contribution in [0.25, 0.3) is 11.0 Å². The van der Waals surface area contributed by atoms with Crippen molar-refractivity contribution in [3.05, 3.63) is 58.5 Å². The lowest BCUT2D eigenvalue weighted by atomic mass is 10.0. The molecule has 0 spiro atoms. The van der Waals surface area contributed by atoms with E-state index in [9.17, 15) is 9.59 Å². The Morgan fingerprint density at radius 1 is 1.07 bits per heavy atom. The molecule has 4 rings (SSSR count). The van der Waals surface area contributed by atoms with Gasteiger partial charge < -0.3 is 14.4 Å². The molecule has 1 aliphatic heterocycles. The summed E-state index contributed by atoms with van der Waals surface area (Å²) in [5, 5.41) is 0. The second-order valence-electron chi connectivity index (χ2n) is 7.28. The number of hydrogen-bond acceptors (Lipinski definition) is 4. The third-order valence-electron chi connectivity index (χ3n) is 5.71. The number of aromatic nitrogens is 2. The number of ether oxygens (including phenoxy) is 2. The predicted octanol–water partition coefficient (Wildman–Crippen LogP) is 2.72. The minimum Gasteiger partial charge on any atom is -0.493 e. The summed E-state index contributed by atoms with van der Waals surface area (Å²) in [5.41, 5.74) is 2.43. The first kappa shape index (κ1) is 19.1. The number of likely N-dealkylation sites (tertiary alicyclic amines) is 1. The number of carbonyl (C=O) groups is 1. The van der Waals surface area contributed by atoms with Gasteiger partial charge in [-0.15, -0.1) is 0 Å². The summed E-state index contributed by atoms with van der Waals surface area (Å²) < 4.78 is 13.9. The molecule has 3 aromatic rings. The van der Waals surface area contributed by atoms with E-state index in [2.05, 4.69) is 0 Å². The molecule has 1 atom stereocenters. The van der Waals surface area contributed by atoms with Crippen LogP contribution in [0.2, 0.25) is 0 Å². The summed E-state index contributed by atoms with van der Waals surface area (Å²) in [4.78, 5) is 27.7. The van der Waals surface area contributed by atoms with Gasteiger partial charge in [-0.3, -0.25) is 13.9 Å². The minimum atomic E-state index is -0.179. The van der Waals surface area contributed by atoms with Crippen molar-refractivity contribution >= 4 is 16.9 Å². The van der Waals surface area contributed by atoms with Crippen LogP contribution in [0.15, 0.2) is 47.3 Å². The molecule has 0 saturated carbocycles. The van der Waals surface area contributed by atoms with Crippen molar-refractivity contribution in [1.82, 2.24) is 14.0 Å². The van der Waals surface area contributed by atoms with E-state index in [1.54, 1.807) is 30.4 Å². The number of amides is 1. The summed E-state index contributed by atoms with van der Waals surface area (Å²) in [6, 6.07) is 13.3. The molecular weight excluding hydrogens is 370 g/mol. The van der Waals surface area contributed by atoms with Crippen molar-refractivity contribution in [2.24, 2.45) is 7.05 Å². The lowest BCUT2D eigenvalue weighted by Crippen LogP contribution is -2.36. The monoisotopic (exact) mass is 395 g/mol. The number of hydrogen-bond donors (Lipinski definition) is 0. The molecule has 2 heterocycles. The summed E-state index contributed by atoms with van der Waals surface area (Å²) in [5.74, 6) is 1.25. The molecule has 1 unspecified atom stereocenters. The number of carbonyl (C=O) groups excluding carboxylic acids is 1. The fourth-order valence-electron chi connectivity index (χ4n) is 4.21. The Morgan fingerprint density at radius 2 is 1.79 bits per heavy atom. The number of benzene rings is 2. The first-order valence-electron chi connectivity index (χ1n) is 9.70. The highest BCUT2D eigenvalue weighted by Gasteiger charge is 2.31. The highest BCUT2D eigenvalue weighted by molar-refractivity contribution is 5.81. The van der Waals surface area contributed by atoms with Gasteiger partial charge in [0.05, 0.1) is 31.3 Å². The quantitative estimate of drug-likeness (QED) is 0.666. The lowest BCUT2D eigenvalue weighted by Gasteiger charge is -2.26. The number of fused-ring (bicyclic) bond motifs is 1. The zero-order valence-corrected chi connectivity index (χ0v) is 16.9. The Hall–Kier alpha value is -3.22. The van der Waals surface area contributed by atoms with Gasteiger partial charge >= 0.3 is 5.69 Å². The van der Waals surface area contributed by atoms with E-state index in [1.807, 2.05) is 47.4 Å². The first-order chi connectivity index (χ1) is 14.0. The van der Waals surface area contributed by atoms with Crippen LogP contribution in [0.3, 0.4) is 0 Å². The van der Waals surface area contributed by atoms with E-state index in [4.69, 9.17) is 9.47 Å². The molecule has 1 aromatic heterocycles. The van der Waals surface area contributed by atoms with Crippen LogP contribution < -0.4 is 15.2 Å². The summed E-state index contributed by atoms with van der Waals surface area (Å²) in [6.07, 6.45) is 1.81. The number of methoxy groups -OCH3 is 2. The van der Waals surface area contributed by atoms with Crippen LogP contribution >= 0.6 is 0 Å². The van der Waals surface area contributed by atoms with Gasteiger partial charge in [-0.1, -0.05) is 18.2 Å². The molecule has 7 heteroatoms. The SMILES string of the molecule is COc1ccc(C2CCCN2C(=O)Cn2c(=O)n(C)c3ccccc32)cc1OC. The van der Waals surface area contributed by atoms with Crippen molar-refractivity contribution in [1.29, 1.82) is 0 Å². The number of para-hydroxylation sites is 2. The maximum Gasteiger partial charge on any atom is 0.329 e. The largest absolute Gasteiger partial charge is 0.493 e. The van der Waals surface area contributed by atoms with Gasteiger partial charge in [-0.2, -0.15) is 0 Å². The number of nitrogens with zero attached hydrogens (tertiary/aromatic N) is 3. The van der Waals surface area contributed by atoms with Crippen LogP contribution in [0.5, 0.6) is 11.5 Å². The molecule has 0 radical (unpaired) electrons. The Bertz CT molecular complexity index is 1110. The molecule has 0 aliphatic carbocycles. The van der Waals surface area contributed by atoms with E-state index < -0.39 is 0 Å².